The van der Waals surface area contributed by atoms with E-state index in [0.29, 0.717) is 17.9 Å². The number of sulfonamides is 1. The van der Waals surface area contributed by atoms with Crippen LogP contribution in [0.15, 0.2) is 47.4 Å². The summed E-state index contributed by atoms with van der Waals surface area (Å²) in [5, 5.41) is 0. The van der Waals surface area contributed by atoms with Crippen LogP contribution in [0.2, 0.25) is 0 Å². The van der Waals surface area contributed by atoms with Crippen LogP contribution in [-0.2, 0) is 22.9 Å². The number of nitrogens with one attached hydrogen (secondary N) is 1. The molecule has 0 aliphatic heterocycles. The molecule has 0 heterocycles. The minimum Gasteiger partial charge on any atom is -0.211 e. The Morgan fingerprint density at radius 3 is 2.27 bits per heavy atom. The maximum atomic E-state index is 12.2. The third-order valence-corrected chi connectivity index (χ3v) is 5.30. The first-order chi connectivity index (χ1) is 10.4. The van der Waals surface area contributed by atoms with E-state index in [1.54, 1.807) is 12.1 Å². The molecule has 0 saturated carbocycles. The van der Waals surface area contributed by atoms with Gasteiger partial charge in [0.2, 0.25) is 10.0 Å². The lowest BCUT2D eigenvalue weighted by Crippen LogP contribution is -2.26. The van der Waals surface area contributed by atoms with Gasteiger partial charge in [0.05, 0.1) is 4.90 Å². The standard InChI is InChI=1S/C18H23NO2S/c1-4-16-6-9-18(10-7-16)22(20,21)19-12-11-17-8-5-14(2)13-15(17)3/h5-10,13,19H,4,11-12H2,1-3H3. The maximum Gasteiger partial charge on any atom is 0.240 e. The van der Waals surface area contributed by atoms with Crippen molar-refractivity contribution in [3.8, 4) is 0 Å². The van der Waals surface area contributed by atoms with Crippen LogP contribution in [0.3, 0.4) is 0 Å². The van der Waals surface area contributed by atoms with Gasteiger partial charge in [-0.1, -0.05) is 42.8 Å². The molecule has 2 aromatic carbocycles. The van der Waals surface area contributed by atoms with E-state index >= 15 is 0 Å². The molecule has 22 heavy (non-hydrogen) atoms. The van der Waals surface area contributed by atoms with Gasteiger partial charge in [0.25, 0.3) is 0 Å². The molecule has 0 spiro atoms. The molecule has 2 aromatic rings. The second kappa shape index (κ2) is 7.07. The topological polar surface area (TPSA) is 46.2 Å². The normalized spacial score (nSPS) is 11.6. The predicted molar refractivity (Wildman–Crippen MR) is 90.6 cm³/mol. The summed E-state index contributed by atoms with van der Waals surface area (Å²) < 4.78 is 27.2. The van der Waals surface area contributed by atoms with Crippen LogP contribution in [0.4, 0.5) is 0 Å². The van der Waals surface area contributed by atoms with E-state index in [1.165, 1.54) is 16.7 Å². The van der Waals surface area contributed by atoms with Gasteiger partial charge in [-0.05, 0) is 55.5 Å². The maximum absolute atomic E-state index is 12.2. The summed E-state index contributed by atoms with van der Waals surface area (Å²) in [4.78, 5) is 0.324. The smallest absolute Gasteiger partial charge is 0.211 e. The van der Waals surface area contributed by atoms with Gasteiger partial charge in [-0.15, -0.1) is 0 Å². The number of rotatable bonds is 6. The average Bonchev–Trinajstić information content (AvgIpc) is 2.49. The summed E-state index contributed by atoms with van der Waals surface area (Å²) in [7, 11) is -3.43. The van der Waals surface area contributed by atoms with Crippen LogP contribution in [-0.4, -0.2) is 15.0 Å². The van der Waals surface area contributed by atoms with Crippen molar-refractivity contribution >= 4 is 10.0 Å². The molecule has 2 rings (SSSR count). The largest absolute Gasteiger partial charge is 0.240 e. The third-order valence-electron chi connectivity index (χ3n) is 3.83. The molecule has 3 nitrogen and oxygen atoms in total. The van der Waals surface area contributed by atoms with Crippen LogP contribution < -0.4 is 4.72 Å². The van der Waals surface area contributed by atoms with Crippen molar-refractivity contribution in [3.05, 3.63) is 64.7 Å². The number of hydrogen-bond acceptors (Lipinski definition) is 2. The first-order valence-corrected chi connectivity index (χ1v) is 9.05. The molecule has 0 unspecified atom stereocenters. The minimum atomic E-state index is -3.43. The van der Waals surface area contributed by atoms with Crippen LogP contribution in [0.5, 0.6) is 0 Å². The molecule has 0 saturated heterocycles. The van der Waals surface area contributed by atoms with Gasteiger partial charge in [0.15, 0.2) is 0 Å². The van der Waals surface area contributed by atoms with Crippen molar-refractivity contribution < 1.29 is 8.42 Å². The molecule has 0 aromatic heterocycles. The molecule has 0 atom stereocenters. The molecule has 0 aliphatic carbocycles. The third kappa shape index (κ3) is 4.18. The SMILES string of the molecule is CCc1ccc(S(=O)(=O)NCCc2ccc(C)cc2C)cc1. The fraction of sp³-hybridized carbons (Fsp3) is 0.333. The summed E-state index contributed by atoms with van der Waals surface area (Å²) in [5.74, 6) is 0. The first kappa shape index (κ1) is 16.7. The van der Waals surface area contributed by atoms with Gasteiger partial charge in [-0.3, -0.25) is 0 Å². The van der Waals surface area contributed by atoms with Crippen LogP contribution in [0, 0.1) is 13.8 Å². The summed E-state index contributed by atoms with van der Waals surface area (Å²) in [6.07, 6.45) is 1.60. The predicted octanol–water partition coefficient (Wildman–Crippen LogP) is 3.39. The highest BCUT2D eigenvalue weighted by molar-refractivity contribution is 7.89. The second-order valence-electron chi connectivity index (χ2n) is 5.58. The zero-order chi connectivity index (χ0) is 16.2. The van der Waals surface area contributed by atoms with Crippen LogP contribution >= 0.6 is 0 Å². The molecule has 0 bridgehead atoms. The Bertz CT molecular complexity index is 734. The fourth-order valence-corrected chi connectivity index (χ4v) is 3.47. The first-order valence-electron chi connectivity index (χ1n) is 7.57. The van der Waals surface area contributed by atoms with E-state index < -0.39 is 10.0 Å². The van der Waals surface area contributed by atoms with Crippen molar-refractivity contribution in [2.45, 2.75) is 38.5 Å². The lowest BCUT2D eigenvalue weighted by Gasteiger charge is -2.09. The molecular formula is C18H23NO2S. The molecule has 118 valence electrons. The highest BCUT2D eigenvalue weighted by Crippen LogP contribution is 2.13. The van der Waals surface area contributed by atoms with Gasteiger partial charge >= 0.3 is 0 Å². The molecule has 1 N–H and O–H groups in total. The molecule has 0 fully saturated rings. The molecule has 4 heteroatoms. The Morgan fingerprint density at radius 1 is 1.00 bits per heavy atom. The van der Waals surface area contributed by atoms with Crippen molar-refractivity contribution in [2.75, 3.05) is 6.54 Å². The zero-order valence-electron chi connectivity index (χ0n) is 13.4. The molecule has 0 aliphatic rings. The van der Waals surface area contributed by atoms with Gasteiger partial charge in [-0.25, -0.2) is 13.1 Å². The minimum absolute atomic E-state index is 0.324. The van der Waals surface area contributed by atoms with Gasteiger partial charge in [-0.2, -0.15) is 0 Å². The molecule has 0 amide bonds. The highest BCUT2D eigenvalue weighted by Gasteiger charge is 2.13. The van der Waals surface area contributed by atoms with Gasteiger partial charge < -0.3 is 0 Å². The summed E-state index contributed by atoms with van der Waals surface area (Å²) in [5.41, 5.74) is 4.73. The Balaban J connectivity index is 2.00. The Hall–Kier alpha value is -1.65. The lowest BCUT2D eigenvalue weighted by atomic mass is 10.0. The van der Waals surface area contributed by atoms with Gasteiger partial charge in [0, 0.05) is 6.54 Å². The summed E-state index contributed by atoms with van der Waals surface area (Å²) in [6.45, 7) is 6.56. The van der Waals surface area contributed by atoms with Crippen molar-refractivity contribution in [3.63, 3.8) is 0 Å². The Labute approximate surface area is 133 Å². The molecular weight excluding hydrogens is 294 g/mol. The second-order valence-corrected chi connectivity index (χ2v) is 7.34. The van der Waals surface area contributed by atoms with Crippen molar-refractivity contribution in [2.24, 2.45) is 0 Å². The number of aryl methyl sites for hydroxylation is 3. The van der Waals surface area contributed by atoms with E-state index in [9.17, 15) is 8.42 Å². The zero-order valence-corrected chi connectivity index (χ0v) is 14.2. The summed E-state index contributed by atoms with van der Waals surface area (Å²) in [6, 6.07) is 13.3. The Kier molecular flexibility index (Phi) is 5.37. The van der Waals surface area contributed by atoms with E-state index in [2.05, 4.69) is 36.8 Å². The average molecular weight is 317 g/mol. The fourth-order valence-electron chi connectivity index (χ4n) is 2.43. The Morgan fingerprint density at radius 2 is 1.68 bits per heavy atom. The van der Waals surface area contributed by atoms with Gasteiger partial charge in [0.1, 0.15) is 0 Å². The van der Waals surface area contributed by atoms with E-state index in [-0.39, 0.29) is 0 Å². The van der Waals surface area contributed by atoms with E-state index in [0.717, 1.165) is 12.0 Å². The van der Waals surface area contributed by atoms with E-state index in [1.807, 2.05) is 19.1 Å². The number of benzene rings is 2. The quantitative estimate of drug-likeness (QED) is 0.887. The van der Waals surface area contributed by atoms with Crippen molar-refractivity contribution in [1.29, 1.82) is 0 Å². The van der Waals surface area contributed by atoms with Crippen molar-refractivity contribution in [1.82, 2.24) is 4.72 Å². The lowest BCUT2D eigenvalue weighted by molar-refractivity contribution is 0.581. The van der Waals surface area contributed by atoms with E-state index in [4.69, 9.17) is 0 Å². The van der Waals surface area contributed by atoms with Crippen LogP contribution in [0.1, 0.15) is 29.2 Å². The number of hydrogen-bond donors (Lipinski definition) is 1. The molecule has 0 radical (unpaired) electrons. The van der Waals surface area contributed by atoms with Crippen LogP contribution in [0.25, 0.3) is 0 Å². The summed E-state index contributed by atoms with van der Waals surface area (Å²) >= 11 is 0. The monoisotopic (exact) mass is 317 g/mol. The highest BCUT2D eigenvalue weighted by atomic mass is 32.2.